The number of benzene rings is 1. The van der Waals surface area contributed by atoms with Gasteiger partial charge in [-0.15, -0.1) is 0 Å². The van der Waals surface area contributed by atoms with E-state index < -0.39 is 0 Å². The lowest BCUT2D eigenvalue weighted by Crippen LogP contribution is -2.47. The summed E-state index contributed by atoms with van der Waals surface area (Å²) in [6.45, 7) is 16.5. The number of carbonyl (C=O) groups excluding carboxylic acids is 1. The van der Waals surface area contributed by atoms with Gasteiger partial charge in [0.15, 0.2) is 0 Å². The van der Waals surface area contributed by atoms with E-state index in [0.29, 0.717) is 17.4 Å². The number of piperazine rings is 1. The van der Waals surface area contributed by atoms with Crippen molar-refractivity contribution in [3.8, 4) is 5.75 Å². The molecule has 1 spiro atoms. The van der Waals surface area contributed by atoms with E-state index >= 15 is 0 Å². The molecule has 1 aliphatic heterocycles. The van der Waals surface area contributed by atoms with Crippen molar-refractivity contribution < 1.29 is 9.53 Å². The molecule has 3 fully saturated rings. The molecule has 4 rings (SSSR count). The molecule has 1 aromatic carbocycles. The fourth-order valence-electron chi connectivity index (χ4n) is 5.61. The lowest BCUT2D eigenvalue weighted by atomic mass is 9.70. The maximum atomic E-state index is 12.8. The summed E-state index contributed by atoms with van der Waals surface area (Å²) >= 11 is 0. The SMILES string of the molecule is C=C(CNC(=O)C1CC12CCC(C)(C)CC2)N1CCN(Cc2cc(C)ccc2OC)CC1. The Morgan fingerprint density at radius 1 is 1.16 bits per heavy atom. The predicted octanol–water partition coefficient (Wildman–Crippen LogP) is 4.36. The zero-order chi connectivity index (χ0) is 22.9. The number of nitrogens with zero attached hydrogens (tertiary/aromatic N) is 2. The van der Waals surface area contributed by atoms with E-state index in [1.54, 1.807) is 7.11 Å². The molecule has 5 nitrogen and oxygen atoms in total. The molecule has 3 aliphatic rings. The topological polar surface area (TPSA) is 44.8 Å². The Hall–Kier alpha value is -2.01. The quantitative estimate of drug-likeness (QED) is 0.686. The van der Waals surface area contributed by atoms with Crippen LogP contribution in [0, 0.1) is 23.7 Å². The van der Waals surface area contributed by atoms with Crippen LogP contribution in [0.4, 0.5) is 0 Å². The lowest BCUT2D eigenvalue weighted by molar-refractivity contribution is -0.123. The van der Waals surface area contributed by atoms with E-state index in [9.17, 15) is 4.79 Å². The molecule has 0 bridgehead atoms. The summed E-state index contributed by atoms with van der Waals surface area (Å²) < 4.78 is 5.54. The molecule has 0 radical (unpaired) electrons. The van der Waals surface area contributed by atoms with Gasteiger partial charge in [0.05, 0.1) is 13.7 Å². The number of rotatable bonds is 7. The average molecular weight is 440 g/mol. The van der Waals surface area contributed by atoms with Crippen LogP contribution in [0.25, 0.3) is 0 Å². The molecule has 1 atom stereocenters. The Kier molecular flexibility index (Phi) is 6.58. The minimum atomic E-state index is 0.229. The van der Waals surface area contributed by atoms with E-state index in [1.807, 2.05) is 0 Å². The molecule has 1 amide bonds. The first kappa shape index (κ1) is 23.2. The summed E-state index contributed by atoms with van der Waals surface area (Å²) in [6.07, 6.45) is 6.02. The first-order valence-electron chi connectivity index (χ1n) is 12.3. The van der Waals surface area contributed by atoms with Gasteiger partial charge in [-0.1, -0.05) is 38.1 Å². The van der Waals surface area contributed by atoms with Crippen molar-refractivity contribution in [2.75, 3.05) is 39.8 Å². The van der Waals surface area contributed by atoms with E-state index in [1.165, 1.54) is 36.8 Å². The Morgan fingerprint density at radius 2 is 1.84 bits per heavy atom. The minimum absolute atomic E-state index is 0.229. The van der Waals surface area contributed by atoms with Gasteiger partial charge in [-0.3, -0.25) is 9.69 Å². The summed E-state index contributed by atoms with van der Waals surface area (Å²) in [6, 6.07) is 6.37. The fourth-order valence-corrected chi connectivity index (χ4v) is 5.61. The van der Waals surface area contributed by atoms with Crippen LogP contribution in [0.5, 0.6) is 5.75 Å². The maximum absolute atomic E-state index is 12.8. The van der Waals surface area contributed by atoms with Gasteiger partial charge < -0.3 is 15.0 Å². The predicted molar refractivity (Wildman–Crippen MR) is 130 cm³/mol. The average Bonchev–Trinajstić information content (AvgIpc) is 3.49. The first-order valence-corrected chi connectivity index (χ1v) is 12.3. The molecular weight excluding hydrogens is 398 g/mol. The smallest absolute Gasteiger partial charge is 0.224 e. The van der Waals surface area contributed by atoms with Crippen LogP contribution in [0.15, 0.2) is 30.5 Å². The van der Waals surface area contributed by atoms with Crippen LogP contribution in [0.3, 0.4) is 0 Å². The molecule has 2 aliphatic carbocycles. The number of hydrogen-bond acceptors (Lipinski definition) is 4. The second-order valence-corrected chi connectivity index (χ2v) is 11.1. The summed E-state index contributed by atoms with van der Waals surface area (Å²) in [5.74, 6) is 1.44. The number of hydrogen-bond donors (Lipinski definition) is 1. The van der Waals surface area contributed by atoms with Crippen LogP contribution in [0.2, 0.25) is 0 Å². The molecular formula is C27H41N3O2. The first-order chi connectivity index (χ1) is 15.2. The maximum Gasteiger partial charge on any atom is 0.224 e. The Labute approximate surface area is 194 Å². The third-order valence-corrected chi connectivity index (χ3v) is 8.22. The highest BCUT2D eigenvalue weighted by molar-refractivity contribution is 5.82. The molecule has 1 heterocycles. The Bertz CT molecular complexity index is 844. The highest BCUT2D eigenvalue weighted by atomic mass is 16.5. The van der Waals surface area contributed by atoms with Gasteiger partial charge in [-0.05, 0) is 55.9 Å². The summed E-state index contributed by atoms with van der Waals surface area (Å²) in [5.41, 5.74) is 4.30. The van der Waals surface area contributed by atoms with Crippen molar-refractivity contribution >= 4 is 5.91 Å². The molecule has 1 N–H and O–H groups in total. The number of nitrogens with one attached hydrogen (secondary N) is 1. The van der Waals surface area contributed by atoms with Crippen molar-refractivity contribution in [1.82, 2.24) is 15.1 Å². The van der Waals surface area contributed by atoms with Crippen molar-refractivity contribution in [1.29, 1.82) is 0 Å². The van der Waals surface area contributed by atoms with Gasteiger partial charge in [-0.2, -0.15) is 0 Å². The van der Waals surface area contributed by atoms with Gasteiger partial charge in [-0.25, -0.2) is 0 Å². The number of carbonyl (C=O) groups is 1. The number of aryl methyl sites for hydroxylation is 1. The largest absolute Gasteiger partial charge is 0.496 e. The zero-order valence-electron chi connectivity index (χ0n) is 20.5. The molecule has 32 heavy (non-hydrogen) atoms. The van der Waals surface area contributed by atoms with E-state index in [-0.39, 0.29) is 11.8 Å². The standard InChI is InChI=1S/C27H41N3O2/c1-20-6-7-24(32-5)22(16-20)19-29-12-14-30(15-13-29)21(2)18-28-25(31)23-17-27(23)10-8-26(3,4)9-11-27/h6-7,16,23H,2,8-15,17-19H2,1,3-5H3,(H,28,31). The monoisotopic (exact) mass is 439 g/mol. The van der Waals surface area contributed by atoms with Crippen LogP contribution in [-0.2, 0) is 11.3 Å². The van der Waals surface area contributed by atoms with Crippen molar-refractivity contribution in [3.05, 3.63) is 41.6 Å². The summed E-state index contributed by atoms with van der Waals surface area (Å²) in [5, 5.41) is 3.20. The second-order valence-electron chi connectivity index (χ2n) is 11.1. The van der Waals surface area contributed by atoms with Gasteiger partial charge >= 0.3 is 0 Å². The van der Waals surface area contributed by atoms with Crippen molar-refractivity contribution in [2.24, 2.45) is 16.7 Å². The third-order valence-electron chi connectivity index (χ3n) is 8.22. The van der Waals surface area contributed by atoms with E-state index in [2.05, 4.69) is 60.7 Å². The van der Waals surface area contributed by atoms with Gasteiger partial charge in [0.2, 0.25) is 5.91 Å². The van der Waals surface area contributed by atoms with Crippen LogP contribution in [0.1, 0.15) is 57.1 Å². The molecule has 176 valence electrons. The highest BCUT2D eigenvalue weighted by Gasteiger charge is 2.59. The molecule has 1 aromatic rings. The zero-order valence-corrected chi connectivity index (χ0v) is 20.5. The minimum Gasteiger partial charge on any atom is -0.496 e. The number of methoxy groups -OCH3 is 1. The number of amides is 1. The van der Waals surface area contributed by atoms with Crippen LogP contribution >= 0.6 is 0 Å². The highest BCUT2D eigenvalue weighted by Crippen LogP contribution is 2.63. The van der Waals surface area contributed by atoms with Gasteiger partial charge in [0.25, 0.3) is 0 Å². The Morgan fingerprint density at radius 3 is 2.50 bits per heavy atom. The molecule has 2 saturated carbocycles. The summed E-state index contributed by atoms with van der Waals surface area (Å²) in [4.78, 5) is 17.6. The van der Waals surface area contributed by atoms with E-state index in [0.717, 1.165) is 50.6 Å². The summed E-state index contributed by atoms with van der Waals surface area (Å²) in [7, 11) is 1.74. The van der Waals surface area contributed by atoms with Crippen LogP contribution < -0.4 is 10.1 Å². The third kappa shape index (κ3) is 5.14. The van der Waals surface area contributed by atoms with Crippen LogP contribution in [-0.4, -0.2) is 55.5 Å². The molecule has 0 aromatic heterocycles. The van der Waals surface area contributed by atoms with E-state index in [4.69, 9.17) is 4.74 Å². The molecule has 1 saturated heterocycles. The molecule has 1 unspecified atom stereocenters. The lowest BCUT2D eigenvalue weighted by Gasteiger charge is -2.37. The normalized spacial score (nSPS) is 24.2. The molecule has 5 heteroatoms. The Balaban J connectivity index is 1.19. The van der Waals surface area contributed by atoms with Crippen molar-refractivity contribution in [3.63, 3.8) is 0 Å². The fraction of sp³-hybridized carbons (Fsp3) is 0.667. The number of ether oxygens (including phenoxy) is 1. The van der Waals surface area contributed by atoms with Gasteiger partial charge in [0, 0.05) is 49.9 Å². The van der Waals surface area contributed by atoms with Gasteiger partial charge in [0.1, 0.15) is 5.75 Å². The second kappa shape index (κ2) is 9.09. The van der Waals surface area contributed by atoms with Crippen molar-refractivity contribution in [2.45, 2.75) is 59.4 Å².